The highest BCUT2D eigenvalue weighted by Gasteiger charge is 2.19. The molecular formula is C13H17BN2O2. The Morgan fingerprint density at radius 2 is 2.33 bits per heavy atom. The summed E-state index contributed by atoms with van der Waals surface area (Å²) in [7, 11) is 7.60. The average Bonchev–Trinajstić information content (AvgIpc) is 2.85. The number of hydrogen-bond acceptors (Lipinski definition) is 4. The van der Waals surface area contributed by atoms with E-state index < -0.39 is 0 Å². The van der Waals surface area contributed by atoms with Crippen molar-refractivity contribution >= 4 is 24.7 Å². The largest absolute Gasteiger partial charge is 0.486 e. The molecule has 5 heteroatoms. The molecule has 4 nitrogen and oxygen atoms in total. The molecule has 0 unspecified atom stereocenters. The van der Waals surface area contributed by atoms with Crippen molar-refractivity contribution in [3.63, 3.8) is 0 Å². The fourth-order valence-electron chi connectivity index (χ4n) is 1.95. The van der Waals surface area contributed by atoms with Gasteiger partial charge in [0, 0.05) is 24.7 Å². The minimum Gasteiger partial charge on any atom is -0.486 e. The zero-order chi connectivity index (χ0) is 13.1. The third kappa shape index (κ3) is 2.67. The van der Waals surface area contributed by atoms with Gasteiger partial charge in [-0.05, 0) is 13.0 Å². The van der Waals surface area contributed by atoms with Gasteiger partial charge in [-0.2, -0.15) is 0 Å². The van der Waals surface area contributed by atoms with E-state index >= 15 is 0 Å². The number of ether oxygens (including phenoxy) is 2. The summed E-state index contributed by atoms with van der Waals surface area (Å²) in [6.07, 6.45) is 0.936. The second-order valence-electron chi connectivity index (χ2n) is 4.39. The Labute approximate surface area is 109 Å². The van der Waals surface area contributed by atoms with E-state index in [1.54, 1.807) is 13.1 Å². The van der Waals surface area contributed by atoms with Gasteiger partial charge < -0.3 is 15.2 Å². The Morgan fingerprint density at radius 3 is 2.94 bits per heavy atom. The zero-order valence-electron chi connectivity index (χ0n) is 10.8. The lowest BCUT2D eigenvalue weighted by molar-refractivity contribution is 0.142. The molecule has 1 aliphatic heterocycles. The predicted molar refractivity (Wildman–Crippen MR) is 74.2 cm³/mol. The van der Waals surface area contributed by atoms with Gasteiger partial charge in [-0.15, -0.1) is 0 Å². The Balaban J connectivity index is 2.31. The number of nitrogen functional groups attached to an aromatic ring is 1. The summed E-state index contributed by atoms with van der Waals surface area (Å²) in [6.45, 7) is 3.23. The van der Waals surface area contributed by atoms with Crippen LogP contribution in [0.5, 0.6) is 5.75 Å². The second kappa shape index (κ2) is 5.44. The number of nitrogens with zero attached hydrogens (tertiary/aromatic N) is 1. The van der Waals surface area contributed by atoms with E-state index in [-0.39, 0.29) is 6.10 Å². The number of hydrogen-bond donors (Lipinski definition) is 1. The van der Waals surface area contributed by atoms with Crippen LogP contribution in [0, 0.1) is 0 Å². The molecule has 1 aliphatic rings. The normalized spacial score (nSPS) is 20.1. The van der Waals surface area contributed by atoms with Crippen molar-refractivity contribution in [2.24, 2.45) is 4.99 Å². The minimum atomic E-state index is 0.0563. The van der Waals surface area contributed by atoms with Gasteiger partial charge in [0.15, 0.2) is 0 Å². The molecule has 94 valence electrons. The molecule has 1 atom stereocenters. The first-order valence-electron chi connectivity index (χ1n) is 5.99. The van der Waals surface area contributed by atoms with E-state index in [9.17, 15) is 0 Å². The fourth-order valence-corrected chi connectivity index (χ4v) is 1.95. The Kier molecular flexibility index (Phi) is 3.92. The number of benzene rings is 1. The lowest BCUT2D eigenvalue weighted by atomic mass is 9.92. The first kappa shape index (κ1) is 13.0. The van der Waals surface area contributed by atoms with Crippen LogP contribution in [0.25, 0.3) is 0 Å². The monoisotopic (exact) mass is 244 g/mol. The van der Waals surface area contributed by atoms with Crippen LogP contribution in [-0.2, 0) is 4.74 Å². The van der Waals surface area contributed by atoms with Crippen LogP contribution in [0.2, 0.25) is 0 Å². The third-order valence-electron chi connectivity index (χ3n) is 3.07. The number of rotatable bonds is 3. The van der Waals surface area contributed by atoms with E-state index in [1.807, 2.05) is 13.0 Å². The maximum atomic E-state index is 6.10. The molecule has 2 rings (SSSR count). The SMILES string of the molecule is [B]c1cc(O[C@@H]2CCOC2)c(N)c(C(C)=NC)c1. The van der Waals surface area contributed by atoms with Crippen LogP contribution in [-0.4, -0.2) is 39.9 Å². The molecule has 0 bridgehead atoms. The molecule has 0 spiro atoms. The van der Waals surface area contributed by atoms with Crippen molar-refractivity contribution in [1.29, 1.82) is 0 Å². The summed E-state index contributed by atoms with van der Waals surface area (Å²) in [4.78, 5) is 4.13. The van der Waals surface area contributed by atoms with Crippen LogP contribution in [0.3, 0.4) is 0 Å². The summed E-state index contributed by atoms with van der Waals surface area (Å²) in [5.74, 6) is 0.614. The van der Waals surface area contributed by atoms with Gasteiger partial charge >= 0.3 is 0 Å². The smallest absolute Gasteiger partial charge is 0.142 e. The highest BCUT2D eigenvalue weighted by molar-refractivity contribution is 6.33. The van der Waals surface area contributed by atoms with Crippen molar-refractivity contribution in [2.75, 3.05) is 26.0 Å². The summed E-state index contributed by atoms with van der Waals surface area (Å²) < 4.78 is 11.1. The molecule has 2 N–H and O–H groups in total. The van der Waals surface area contributed by atoms with E-state index in [4.69, 9.17) is 23.1 Å². The summed E-state index contributed by atoms with van der Waals surface area (Å²) in [5, 5.41) is 0. The van der Waals surface area contributed by atoms with E-state index in [0.717, 1.165) is 24.3 Å². The van der Waals surface area contributed by atoms with Crippen LogP contribution in [0.4, 0.5) is 5.69 Å². The average molecular weight is 244 g/mol. The Morgan fingerprint density at radius 1 is 1.56 bits per heavy atom. The standard InChI is InChI=1S/C13H17BN2O2/c1-8(16-2)11-5-9(14)6-12(13(11)15)18-10-3-4-17-7-10/h5-6,10H,3-4,7,15H2,1-2H3/t10-/m1/s1. The van der Waals surface area contributed by atoms with Crippen LogP contribution in [0.1, 0.15) is 18.9 Å². The molecule has 0 amide bonds. The van der Waals surface area contributed by atoms with Gasteiger partial charge in [0.25, 0.3) is 0 Å². The third-order valence-corrected chi connectivity index (χ3v) is 3.07. The molecule has 2 radical (unpaired) electrons. The molecule has 18 heavy (non-hydrogen) atoms. The summed E-state index contributed by atoms with van der Waals surface area (Å²) in [6, 6.07) is 3.57. The summed E-state index contributed by atoms with van der Waals surface area (Å²) >= 11 is 0. The molecule has 0 saturated carbocycles. The molecule has 1 saturated heterocycles. The minimum absolute atomic E-state index is 0.0563. The fraction of sp³-hybridized carbons (Fsp3) is 0.462. The van der Waals surface area contributed by atoms with Gasteiger partial charge in [-0.25, -0.2) is 0 Å². The number of nitrogens with two attached hydrogens (primary N) is 1. The van der Waals surface area contributed by atoms with Crippen LogP contribution < -0.4 is 15.9 Å². The lowest BCUT2D eigenvalue weighted by Gasteiger charge is -2.17. The quantitative estimate of drug-likeness (QED) is 0.483. The zero-order valence-corrected chi connectivity index (χ0v) is 10.8. The molecule has 1 heterocycles. The van der Waals surface area contributed by atoms with Gasteiger partial charge in [-0.3, -0.25) is 4.99 Å². The first-order valence-corrected chi connectivity index (χ1v) is 5.99. The number of aliphatic imine (C=N–C) groups is 1. The Bertz CT molecular complexity index is 468. The molecule has 0 aromatic heterocycles. The molecule has 0 aliphatic carbocycles. The van der Waals surface area contributed by atoms with Gasteiger partial charge in [0.1, 0.15) is 19.7 Å². The van der Waals surface area contributed by atoms with Crippen molar-refractivity contribution < 1.29 is 9.47 Å². The molecular weight excluding hydrogens is 227 g/mol. The van der Waals surface area contributed by atoms with Crippen molar-refractivity contribution in [3.8, 4) is 5.75 Å². The highest BCUT2D eigenvalue weighted by atomic mass is 16.5. The van der Waals surface area contributed by atoms with Crippen LogP contribution in [0.15, 0.2) is 17.1 Å². The highest BCUT2D eigenvalue weighted by Crippen LogP contribution is 2.27. The van der Waals surface area contributed by atoms with Crippen molar-refractivity contribution in [2.45, 2.75) is 19.4 Å². The van der Waals surface area contributed by atoms with Gasteiger partial charge in [-0.1, -0.05) is 11.5 Å². The molecule has 1 aromatic rings. The first-order chi connectivity index (χ1) is 8.61. The van der Waals surface area contributed by atoms with Crippen LogP contribution >= 0.6 is 0 Å². The molecule has 1 fully saturated rings. The Hall–Kier alpha value is -1.49. The second-order valence-corrected chi connectivity index (χ2v) is 4.39. The van der Waals surface area contributed by atoms with E-state index in [0.29, 0.717) is 23.5 Å². The maximum absolute atomic E-state index is 6.10. The van der Waals surface area contributed by atoms with Gasteiger partial charge in [0.05, 0.1) is 18.9 Å². The summed E-state index contributed by atoms with van der Waals surface area (Å²) in [5.41, 5.74) is 8.97. The van der Waals surface area contributed by atoms with E-state index in [1.165, 1.54) is 0 Å². The molecule has 1 aromatic carbocycles. The van der Waals surface area contributed by atoms with Crippen molar-refractivity contribution in [3.05, 3.63) is 17.7 Å². The number of anilines is 1. The van der Waals surface area contributed by atoms with E-state index in [2.05, 4.69) is 4.99 Å². The topological polar surface area (TPSA) is 56.8 Å². The maximum Gasteiger partial charge on any atom is 0.142 e. The van der Waals surface area contributed by atoms with Crippen molar-refractivity contribution in [1.82, 2.24) is 0 Å². The lowest BCUT2D eigenvalue weighted by Crippen LogP contribution is -2.19. The predicted octanol–water partition coefficient (Wildman–Crippen LogP) is 0.669. The van der Waals surface area contributed by atoms with Gasteiger partial charge in [0.2, 0.25) is 0 Å².